The summed E-state index contributed by atoms with van der Waals surface area (Å²) in [5.41, 5.74) is 14.1. The van der Waals surface area contributed by atoms with E-state index >= 15 is 0 Å². The van der Waals surface area contributed by atoms with Crippen molar-refractivity contribution in [1.82, 2.24) is 19.5 Å². The minimum Gasteiger partial charge on any atom is -0.310 e. The summed E-state index contributed by atoms with van der Waals surface area (Å²) in [5, 5.41) is 16.6. The molecule has 89 heavy (non-hydrogen) atoms. The standard InChI is InChI=1S/C83H51N5S/c1-5-20-52(21-6-1)54-36-38-55(39-37-54)81-84-82(61-25-19-24-56(49-61)53-22-7-2-8-23-53)86-83(85-81)88-78-73(47-46-71-67-32-14-13-30-65(67)66-31-15-16-33-68(66)75(71)78)76-69-34-17-18-35-70(69)77-72-45-43-60(51-74(72)89-80(77)79(76)88)57-40-41-59-50-64(44-42-58(59)48-57)87(62-26-9-3-10-27-62)63-28-11-4-12-29-63/h1-51H. The molecule has 5 nitrogen and oxygen atoms in total. The smallest absolute Gasteiger partial charge is 0.238 e. The highest BCUT2D eigenvalue weighted by molar-refractivity contribution is 7.27. The fourth-order valence-corrected chi connectivity index (χ4v) is 15.2. The highest BCUT2D eigenvalue weighted by atomic mass is 32.1. The fourth-order valence-electron chi connectivity index (χ4n) is 13.9. The Morgan fingerprint density at radius 3 is 1.36 bits per heavy atom. The molecule has 0 amide bonds. The van der Waals surface area contributed by atoms with Gasteiger partial charge in [0.25, 0.3) is 0 Å². The van der Waals surface area contributed by atoms with Gasteiger partial charge < -0.3 is 4.90 Å². The van der Waals surface area contributed by atoms with Gasteiger partial charge in [0.1, 0.15) is 0 Å². The number of thiophene rings is 1. The van der Waals surface area contributed by atoms with Gasteiger partial charge in [-0.1, -0.05) is 255 Å². The first kappa shape index (κ1) is 50.7. The molecule has 0 aliphatic carbocycles. The van der Waals surface area contributed by atoms with E-state index in [1.54, 1.807) is 0 Å². The zero-order chi connectivity index (χ0) is 58.5. The van der Waals surface area contributed by atoms with E-state index in [9.17, 15) is 0 Å². The largest absolute Gasteiger partial charge is 0.310 e. The zero-order valence-corrected chi connectivity index (χ0v) is 48.9. The monoisotopic (exact) mass is 1150 g/mol. The van der Waals surface area contributed by atoms with Crippen molar-refractivity contribution in [3.63, 3.8) is 0 Å². The Kier molecular flexibility index (Phi) is 11.7. The predicted octanol–water partition coefficient (Wildman–Crippen LogP) is 22.9. The number of hydrogen-bond donors (Lipinski definition) is 0. The quantitative estimate of drug-likeness (QED) is 0.135. The van der Waals surface area contributed by atoms with Crippen LogP contribution in [0.5, 0.6) is 0 Å². The van der Waals surface area contributed by atoms with Gasteiger partial charge in [0, 0.05) is 59.8 Å². The second kappa shape index (κ2) is 20.6. The van der Waals surface area contributed by atoms with E-state index in [1.807, 2.05) is 11.3 Å². The van der Waals surface area contributed by atoms with E-state index in [1.165, 1.54) is 85.2 Å². The topological polar surface area (TPSA) is 46.8 Å². The third-order valence-corrected chi connectivity index (χ3v) is 19.1. The van der Waals surface area contributed by atoms with E-state index in [4.69, 9.17) is 15.0 Å². The van der Waals surface area contributed by atoms with E-state index in [0.29, 0.717) is 17.6 Å². The van der Waals surface area contributed by atoms with E-state index in [-0.39, 0.29) is 0 Å². The Morgan fingerprint density at radius 1 is 0.258 bits per heavy atom. The van der Waals surface area contributed by atoms with Crippen LogP contribution in [0.25, 0.3) is 158 Å². The number of fused-ring (bicyclic) bond motifs is 18. The molecule has 414 valence electrons. The Hall–Kier alpha value is -11.6. The van der Waals surface area contributed by atoms with Crippen molar-refractivity contribution < 1.29 is 0 Å². The lowest BCUT2D eigenvalue weighted by atomic mass is 9.92. The first-order chi connectivity index (χ1) is 44.1. The van der Waals surface area contributed by atoms with Gasteiger partial charge in [0.15, 0.2) is 11.6 Å². The highest BCUT2D eigenvalue weighted by Crippen LogP contribution is 2.51. The van der Waals surface area contributed by atoms with Crippen LogP contribution in [-0.4, -0.2) is 19.5 Å². The average Bonchev–Trinajstić information content (AvgIpc) is 1.55. The van der Waals surface area contributed by atoms with Crippen molar-refractivity contribution in [3.05, 3.63) is 309 Å². The molecule has 3 heterocycles. The Labute approximate surface area is 517 Å². The summed E-state index contributed by atoms with van der Waals surface area (Å²) >= 11 is 1.86. The van der Waals surface area contributed by atoms with Crippen LogP contribution >= 0.6 is 11.3 Å². The summed E-state index contributed by atoms with van der Waals surface area (Å²) in [7, 11) is 0. The van der Waals surface area contributed by atoms with Crippen molar-refractivity contribution in [2.24, 2.45) is 0 Å². The molecular formula is C83H51N5S. The van der Waals surface area contributed by atoms with Gasteiger partial charge in [-0.15, -0.1) is 11.3 Å². The number of hydrogen-bond acceptors (Lipinski definition) is 5. The molecule has 0 N–H and O–H groups in total. The molecule has 15 aromatic carbocycles. The van der Waals surface area contributed by atoms with Crippen LogP contribution in [0.2, 0.25) is 0 Å². The summed E-state index contributed by atoms with van der Waals surface area (Å²) < 4.78 is 4.80. The van der Waals surface area contributed by atoms with E-state index in [2.05, 4.69) is 319 Å². The molecule has 0 bridgehead atoms. The molecule has 0 saturated carbocycles. The molecule has 3 aromatic heterocycles. The van der Waals surface area contributed by atoms with Gasteiger partial charge in [-0.25, -0.2) is 4.98 Å². The molecular weight excluding hydrogens is 1100 g/mol. The minimum absolute atomic E-state index is 0.552. The molecule has 0 atom stereocenters. The molecule has 18 rings (SSSR count). The average molecular weight is 1150 g/mol. The van der Waals surface area contributed by atoms with Gasteiger partial charge in [0.2, 0.25) is 5.95 Å². The van der Waals surface area contributed by atoms with E-state index in [0.717, 1.165) is 72.2 Å². The SMILES string of the molecule is c1ccc(-c2ccc(-c3nc(-c4cccc(-c5ccccc5)c4)nc(-n4c5c(ccc6c7ccccc7c7ccccc7c65)c5c6ccccc6c6c7ccc(-c8ccc9cc(N(c%10ccccc%10)c%10ccccc%10)ccc9c8)cc7sc6c54)n3)cc2)cc1. The Balaban J connectivity index is 0.903. The maximum atomic E-state index is 5.73. The first-order valence-corrected chi connectivity index (χ1v) is 31.1. The van der Waals surface area contributed by atoms with Crippen molar-refractivity contribution in [2.75, 3.05) is 4.90 Å². The van der Waals surface area contributed by atoms with Crippen molar-refractivity contribution in [1.29, 1.82) is 0 Å². The van der Waals surface area contributed by atoms with Crippen molar-refractivity contribution in [3.8, 4) is 62.1 Å². The minimum atomic E-state index is 0.552. The predicted molar refractivity (Wildman–Crippen MR) is 376 cm³/mol. The van der Waals surface area contributed by atoms with Gasteiger partial charge in [-0.05, 0) is 136 Å². The molecule has 0 aliphatic heterocycles. The van der Waals surface area contributed by atoms with Crippen molar-refractivity contribution in [2.45, 2.75) is 0 Å². The molecule has 6 heteroatoms. The van der Waals surface area contributed by atoms with Gasteiger partial charge in [0.05, 0.1) is 15.7 Å². The molecule has 0 spiro atoms. The lowest BCUT2D eigenvalue weighted by Gasteiger charge is -2.25. The fraction of sp³-hybridized carbons (Fsp3) is 0. The Morgan fingerprint density at radius 2 is 0.685 bits per heavy atom. The summed E-state index contributed by atoms with van der Waals surface area (Å²) in [6.45, 7) is 0. The lowest BCUT2D eigenvalue weighted by Crippen LogP contribution is -2.09. The van der Waals surface area contributed by atoms with Gasteiger partial charge >= 0.3 is 0 Å². The molecule has 0 fully saturated rings. The third-order valence-electron chi connectivity index (χ3n) is 18.0. The lowest BCUT2D eigenvalue weighted by molar-refractivity contribution is 0.957. The van der Waals surface area contributed by atoms with E-state index < -0.39 is 0 Å². The molecule has 0 aliphatic rings. The maximum Gasteiger partial charge on any atom is 0.238 e. The summed E-state index contributed by atoms with van der Waals surface area (Å²) in [6.07, 6.45) is 0. The maximum absolute atomic E-state index is 5.73. The molecule has 0 unspecified atom stereocenters. The van der Waals surface area contributed by atoms with Crippen LogP contribution in [0.3, 0.4) is 0 Å². The number of nitrogens with zero attached hydrogens (tertiary/aromatic N) is 5. The summed E-state index contributed by atoms with van der Waals surface area (Å²) in [6, 6.07) is 112. The third kappa shape index (κ3) is 8.33. The summed E-state index contributed by atoms with van der Waals surface area (Å²) in [4.78, 5) is 19.2. The summed E-state index contributed by atoms with van der Waals surface area (Å²) in [5.74, 6) is 1.74. The number of para-hydroxylation sites is 2. The molecule has 0 radical (unpaired) electrons. The van der Waals surface area contributed by atoms with Gasteiger partial charge in [-0.2, -0.15) is 9.97 Å². The molecule has 18 aromatic rings. The number of aromatic nitrogens is 4. The van der Waals surface area contributed by atoms with Crippen LogP contribution in [0, 0.1) is 0 Å². The van der Waals surface area contributed by atoms with Crippen molar-refractivity contribution >= 4 is 124 Å². The number of benzene rings is 15. The first-order valence-electron chi connectivity index (χ1n) is 30.2. The number of anilines is 3. The van der Waals surface area contributed by atoms with Gasteiger partial charge in [-0.3, -0.25) is 4.57 Å². The molecule has 0 saturated heterocycles. The number of rotatable bonds is 9. The van der Waals surface area contributed by atoms with Crippen LogP contribution in [0.1, 0.15) is 0 Å². The normalized spacial score (nSPS) is 11.8. The van der Waals surface area contributed by atoms with Crippen LogP contribution in [-0.2, 0) is 0 Å². The zero-order valence-electron chi connectivity index (χ0n) is 48.1. The highest BCUT2D eigenvalue weighted by Gasteiger charge is 2.27. The van der Waals surface area contributed by atoms with Crippen LogP contribution < -0.4 is 4.90 Å². The Bertz CT molecular complexity index is 5770. The second-order valence-corrected chi connectivity index (χ2v) is 24.1. The van der Waals surface area contributed by atoms with Crippen LogP contribution in [0.15, 0.2) is 309 Å². The second-order valence-electron chi connectivity index (χ2n) is 23.0. The van der Waals surface area contributed by atoms with Crippen LogP contribution in [0.4, 0.5) is 17.1 Å².